The van der Waals surface area contributed by atoms with E-state index in [9.17, 15) is 0 Å². The zero-order valence-corrected chi connectivity index (χ0v) is 9.59. The van der Waals surface area contributed by atoms with Gasteiger partial charge in [0.05, 0.1) is 11.9 Å². The van der Waals surface area contributed by atoms with Gasteiger partial charge in [-0.1, -0.05) is 6.92 Å². The molecular weight excluding hydrogens is 200 g/mol. The van der Waals surface area contributed by atoms with E-state index in [0.717, 1.165) is 17.9 Å². The molecule has 1 unspecified atom stereocenters. The van der Waals surface area contributed by atoms with Crippen LogP contribution in [0.1, 0.15) is 20.3 Å². The van der Waals surface area contributed by atoms with Crippen molar-refractivity contribution in [3.63, 3.8) is 0 Å². The van der Waals surface area contributed by atoms with Gasteiger partial charge in [-0.05, 0) is 25.5 Å². The Hall–Kier alpha value is -1.84. The van der Waals surface area contributed by atoms with Crippen molar-refractivity contribution in [2.75, 3.05) is 5.32 Å². The number of rotatable bonds is 4. The topological polar surface area (TPSA) is 42.7 Å². The van der Waals surface area contributed by atoms with Gasteiger partial charge in [-0.2, -0.15) is 0 Å². The molecule has 4 heteroatoms. The summed E-state index contributed by atoms with van der Waals surface area (Å²) < 4.78 is 1.88. The maximum atomic E-state index is 4.37. The molecule has 2 heterocycles. The van der Waals surface area contributed by atoms with Crippen LogP contribution in [-0.4, -0.2) is 20.6 Å². The zero-order chi connectivity index (χ0) is 11.4. The average Bonchev–Trinajstić information content (AvgIpc) is 2.83. The maximum Gasteiger partial charge on any atom is 0.137 e. The fraction of sp³-hybridized carbons (Fsp3) is 0.333. The lowest BCUT2D eigenvalue weighted by Crippen LogP contribution is -2.13. The van der Waals surface area contributed by atoms with Crippen molar-refractivity contribution >= 4 is 5.69 Å². The summed E-state index contributed by atoms with van der Waals surface area (Å²) in [5, 5.41) is 3.38. The highest BCUT2D eigenvalue weighted by Gasteiger charge is 2.00. The molecule has 0 saturated heterocycles. The first kappa shape index (κ1) is 10.7. The van der Waals surface area contributed by atoms with Crippen LogP contribution in [0.2, 0.25) is 0 Å². The third-order valence-corrected chi connectivity index (χ3v) is 2.54. The van der Waals surface area contributed by atoms with E-state index in [2.05, 4.69) is 29.1 Å². The van der Waals surface area contributed by atoms with Crippen molar-refractivity contribution in [2.45, 2.75) is 26.3 Å². The molecule has 16 heavy (non-hydrogen) atoms. The molecule has 2 aromatic rings. The third-order valence-electron chi connectivity index (χ3n) is 2.54. The number of hydrogen-bond donors (Lipinski definition) is 1. The van der Waals surface area contributed by atoms with Crippen LogP contribution in [-0.2, 0) is 0 Å². The number of imidazole rings is 1. The number of aromatic nitrogens is 3. The molecule has 0 aliphatic rings. The first-order valence-electron chi connectivity index (χ1n) is 5.50. The molecule has 84 valence electrons. The van der Waals surface area contributed by atoms with E-state index >= 15 is 0 Å². The number of nitrogens with one attached hydrogen (secondary N) is 1. The Morgan fingerprint density at radius 3 is 2.88 bits per heavy atom. The predicted octanol–water partition coefficient (Wildman–Crippen LogP) is 2.48. The van der Waals surface area contributed by atoms with Crippen LogP contribution in [0.3, 0.4) is 0 Å². The van der Waals surface area contributed by atoms with Crippen LogP contribution in [0.5, 0.6) is 0 Å². The van der Waals surface area contributed by atoms with Gasteiger partial charge in [0, 0.05) is 18.4 Å². The molecule has 2 rings (SSSR count). The minimum atomic E-state index is 0.473. The minimum absolute atomic E-state index is 0.473. The Morgan fingerprint density at radius 2 is 2.31 bits per heavy atom. The SMILES string of the molecule is CCC(C)Nc1ccc(-n2ccnc2)nc1. The zero-order valence-electron chi connectivity index (χ0n) is 9.59. The second-order valence-electron chi connectivity index (χ2n) is 3.83. The summed E-state index contributed by atoms with van der Waals surface area (Å²) in [5.41, 5.74) is 1.05. The Balaban J connectivity index is 2.11. The molecule has 0 aromatic carbocycles. The molecule has 0 spiro atoms. The van der Waals surface area contributed by atoms with Gasteiger partial charge in [0.2, 0.25) is 0 Å². The predicted molar refractivity (Wildman–Crippen MR) is 64.7 cm³/mol. The Bertz CT molecular complexity index is 419. The minimum Gasteiger partial charge on any atom is -0.381 e. The maximum absolute atomic E-state index is 4.37. The Labute approximate surface area is 95.4 Å². The summed E-state index contributed by atoms with van der Waals surface area (Å²) in [4.78, 5) is 8.36. The summed E-state index contributed by atoms with van der Waals surface area (Å²) in [7, 11) is 0. The fourth-order valence-electron chi connectivity index (χ4n) is 1.41. The lowest BCUT2D eigenvalue weighted by atomic mass is 10.2. The van der Waals surface area contributed by atoms with Crippen LogP contribution < -0.4 is 5.32 Å². The van der Waals surface area contributed by atoms with Crippen LogP contribution in [0.15, 0.2) is 37.1 Å². The van der Waals surface area contributed by atoms with Crippen molar-refractivity contribution in [3.8, 4) is 5.82 Å². The van der Waals surface area contributed by atoms with E-state index in [-0.39, 0.29) is 0 Å². The summed E-state index contributed by atoms with van der Waals surface area (Å²) in [6.45, 7) is 4.31. The third kappa shape index (κ3) is 2.39. The highest BCUT2D eigenvalue weighted by molar-refractivity contribution is 5.44. The van der Waals surface area contributed by atoms with Gasteiger partial charge >= 0.3 is 0 Å². The standard InChI is InChI=1S/C12H16N4/c1-3-10(2)15-11-4-5-12(14-8-11)16-7-6-13-9-16/h4-10,15H,3H2,1-2H3. The van der Waals surface area contributed by atoms with E-state index in [0.29, 0.717) is 6.04 Å². The first-order valence-corrected chi connectivity index (χ1v) is 5.50. The number of hydrogen-bond acceptors (Lipinski definition) is 3. The van der Waals surface area contributed by atoms with Gasteiger partial charge in [-0.15, -0.1) is 0 Å². The highest BCUT2D eigenvalue weighted by Crippen LogP contribution is 2.11. The van der Waals surface area contributed by atoms with Crippen LogP contribution in [0.4, 0.5) is 5.69 Å². The Kier molecular flexibility index (Phi) is 3.19. The first-order chi connectivity index (χ1) is 7.79. The van der Waals surface area contributed by atoms with Crippen molar-refractivity contribution < 1.29 is 0 Å². The van der Waals surface area contributed by atoms with Gasteiger partial charge in [-0.3, -0.25) is 4.57 Å². The molecule has 0 aliphatic carbocycles. The summed E-state index contributed by atoms with van der Waals surface area (Å²) in [6.07, 6.45) is 8.31. The second kappa shape index (κ2) is 4.79. The van der Waals surface area contributed by atoms with Gasteiger partial charge in [0.25, 0.3) is 0 Å². The molecule has 2 aromatic heterocycles. The highest BCUT2D eigenvalue weighted by atomic mass is 15.1. The largest absolute Gasteiger partial charge is 0.381 e. The van der Waals surface area contributed by atoms with Gasteiger partial charge in [-0.25, -0.2) is 9.97 Å². The molecule has 0 saturated carbocycles. The smallest absolute Gasteiger partial charge is 0.137 e. The fourth-order valence-corrected chi connectivity index (χ4v) is 1.41. The van der Waals surface area contributed by atoms with Crippen LogP contribution in [0.25, 0.3) is 5.82 Å². The van der Waals surface area contributed by atoms with E-state index < -0.39 is 0 Å². The Morgan fingerprint density at radius 1 is 1.44 bits per heavy atom. The lowest BCUT2D eigenvalue weighted by molar-refractivity contribution is 0.763. The molecule has 0 amide bonds. The summed E-state index contributed by atoms with van der Waals surface area (Å²) in [6, 6.07) is 4.49. The monoisotopic (exact) mass is 216 g/mol. The molecule has 1 N–H and O–H groups in total. The van der Waals surface area contributed by atoms with E-state index in [4.69, 9.17) is 0 Å². The normalized spacial score (nSPS) is 12.4. The lowest BCUT2D eigenvalue weighted by Gasteiger charge is -2.12. The molecule has 1 atom stereocenters. The average molecular weight is 216 g/mol. The van der Waals surface area contributed by atoms with Gasteiger partial charge in [0.1, 0.15) is 12.1 Å². The van der Waals surface area contributed by atoms with Crippen molar-refractivity contribution in [1.29, 1.82) is 0 Å². The number of pyridine rings is 1. The molecule has 4 nitrogen and oxygen atoms in total. The van der Waals surface area contributed by atoms with Crippen molar-refractivity contribution in [1.82, 2.24) is 14.5 Å². The van der Waals surface area contributed by atoms with Crippen LogP contribution >= 0.6 is 0 Å². The van der Waals surface area contributed by atoms with E-state index in [1.807, 2.05) is 29.1 Å². The quantitative estimate of drug-likeness (QED) is 0.853. The van der Waals surface area contributed by atoms with Crippen LogP contribution in [0, 0.1) is 0 Å². The second-order valence-corrected chi connectivity index (χ2v) is 3.83. The summed E-state index contributed by atoms with van der Waals surface area (Å²) in [5.74, 6) is 0.882. The van der Waals surface area contributed by atoms with Gasteiger partial charge in [0.15, 0.2) is 0 Å². The van der Waals surface area contributed by atoms with Crippen molar-refractivity contribution in [3.05, 3.63) is 37.1 Å². The molecule has 0 radical (unpaired) electrons. The van der Waals surface area contributed by atoms with E-state index in [1.54, 1.807) is 12.5 Å². The molecule has 0 fully saturated rings. The van der Waals surface area contributed by atoms with Gasteiger partial charge < -0.3 is 5.32 Å². The number of anilines is 1. The molecule has 0 aliphatic heterocycles. The number of nitrogens with zero attached hydrogens (tertiary/aromatic N) is 3. The van der Waals surface area contributed by atoms with E-state index in [1.165, 1.54) is 0 Å². The summed E-state index contributed by atoms with van der Waals surface area (Å²) >= 11 is 0. The molecular formula is C12H16N4. The molecule has 0 bridgehead atoms. The van der Waals surface area contributed by atoms with Crippen molar-refractivity contribution in [2.24, 2.45) is 0 Å².